The molecule has 142 valence electrons. The molecule has 0 aliphatic carbocycles. The van der Waals surface area contributed by atoms with Crippen molar-refractivity contribution in [1.29, 1.82) is 0 Å². The number of carbonyl (C=O) groups is 3. The smallest absolute Gasteiger partial charge is 0.324 e. The second-order valence-electron chi connectivity index (χ2n) is 6.03. The Morgan fingerprint density at radius 2 is 1.29 bits per heavy atom. The molecular formula is C15H31N3O6. The summed E-state index contributed by atoms with van der Waals surface area (Å²) in [6.45, 7) is 8.72. The van der Waals surface area contributed by atoms with Crippen molar-refractivity contribution >= 4 is 17.9 Å². The lowest BCUT2D eigenvalue weighted by molar-refractivity contribution is -0.155. The second-order valence-corrected chi connectivity index (χ2v) is 6.03. The summed E-state index contributed by atoms with van der Waals surface area (Å²) in [7, 11) is 0. The van der Waals surface area contributed by atoms with Crippen LogP contribution in [0.4, 0.5) is 0 Å². The van der Waals surface area contributed by atoms with Crippen LogP contribution in [0.15, 0.2) is 0 Å². The number of ether oxygens (including phenoxy) is 1. The molecule has 24 heavy (non-hydrogen) atoms. The summed E-state index contributed by atoms with van der Waals surface area (Å²) >= 11 is 0. The summed E-state index contributed by atoms with van der Waals surface area (Å²) in [5.41, 5.74) is 16.1. The van der Waals surface area contributed by atoms with Crippen molar-refractivity contribution in [3.63, 3.8) is 0 Å². The predicted molar refractivity (Wildman–Crippen MR) is 89.0 cm³/mol. The Morgan fingerprint density at radius 3 is 1.54 bits per heavy atom. The second kappa shape index (κ2) is 11.8. The van der Waals surface area contributed by atoms with Gasteiger partial charge in [0.2, 0.25) is 0 Å². The zero-order valence-corrected chi connectivity index (χ0v) is 14.9. The lowest BCUT2D eigenvalue weighted by atomic mass is 10.0. The fourth-order valence-electron chi connectivity index (χ4n) is 1.31. The van der Waals surface area contributed by atoms with Crippen molar-refractivity contribution in [2.45, 2.75) is 65.3 Å². The third-order valence-corrected chi connectivity index (χ3v) is 3.63. The molecule has 0 aromatic carbocycles. The predicted octanol–water partition coefficient (Wildman–Crippen LogP) is -0.242. The molecule has 0 saturated carbocycles. The summed E-state index contributed by atoms with van der Waals surface area (Å²) in [5, 5.41) is 16.9. The van der Waals surface area contributed by atoms with Crippen molar-refractivity contribution in [2.75, 3.05) is 0 Å². The highest BCUT2D eigenvalue weighted by Gasteiger charge is 2.27. The Labute approximate surface area is 142 Å². The molecule has 0 heterocycles. The van der Waals surface area contributed by atoms with Crippen molar-refractivity contribution in [2.24, 2.45) is 29.0 Å². The van der Waals surface area contributed by atoms with E-state index in [1.807, 2.05) is 13.8 Å². The van der Waals surface area contributed by atoms with E-state index in [1.165, 1.54) is 6.92 Å². The van der Waals surface area contributed by atoms with E-state index >= 15 is 0 Å². The fraction of sp³-hybridized carbons (Fsp3) is 0.800. The molecule has 0 bridgehead atoms. The number of carbonyl (C=O) groups excluding carboxylic acids is 1. The van der Waals surface area contributed by atoms with Crippen LogP contribution in [0.2, 0.25) is 0 Å². The highest BCUT2D eigenvalue weighted by molar-refractivity contribution is 5.78. The number of rotatable bonds is 8. The van der Waals surface area contributed by atoms with Crippen LogP contribution >= 0.6 is 0 Å². The molecule has 0 aromatic heterocycles. The monoisotopic (exact) mass is 349 g/mol. The van der Waals surface area contributed by atoms with Crippen LogP contribution in [-0.2, 0) is 19.1 Å². The largest absolute Gasteiger partial charge is 0.480 e. The van der Waals surface area contributed by atoms with Crippen LogP contribution in [0.3, 0.4) is 0 Å². The molecule has 0 spiro atoms. The van der Waals surface area contributed by atoms with Gasteiger partial charge in [-0.15, -0.1) is 0 Å². The Bertz CT molecular complexity index is 416. The van der Waals surface area contributed by atoms with Gasteiger partial charge in [-0.25, -0.2) is 0 Å². The van der Waals surface area contributed by atoms with E-state index in [0.717, 1.165) is 6.42 Å². The van der Waals surface area contributed by atoms with Gasteiger partial charge in [-0.3, -0.25) is 14.4 Å². The summed E-state index contributed by atoms with van der Waals surface area (Å²) in [5.74, 6) is -2.75. The first-order valence-corrected chi connectivity index (χ1v) is 7.79. The summed E-state index contributed by atoms with van der Waals surface area (Å²) < 4.78 is 4.83. The highest BCUT2D eigenvalue weighted by Crippen LogP contribution is 2.05. The fourth-order valence-corrected chi connectivity index (χ4v) is 1.31. The average Bonchev–Trinajstić information content (AvgIpc) is 2.51. The summed E-state index contributed by atoms with van der Waals surface area (Å²) in [6.07, 6.45) is -0.0761. The minimum absolute atomic E-state index is 0.0641. The van der Waals surface area contributed by atoms with E-state index < -0.39 is 42.1 Å². The highest BCUT2D eigenvalue weighted by atomic mass is 16.5. The first kappa shape index (κ1) is 24.5. The van der Waals surface area contributed by atoms with Crippen LogP contribution in [0.25, 0.3) is 0 Å². The Hall–Kier alpha value is -1.71. The molecule has 0 aliphatic rings. The third kappa shape index (κ3) is 9.43. The standard InChI is InChI=1S/C9H18N2O4.C6H13NO2/c1-4(2)6(10)9(14)15-5(3)7(11)8(12)13;1-3-4(2)5(7)6(8)9/h4-7H,10-11H2,1-3H3,(H,12,13);4-5H,3,7H2,1-2H3,(H,8,9)/t5-,6+,7+;4-,5-/m10/s1. The van der Waals surface area contributed by atoms with Crippen molar-refractivity contribution < 1.29 is 29.3 Å². The number of esters is 1. The van der Waals surface area contributed by atoms with Crippen LogP contribution < -0.4 is 17.2 Å². The maximum absolute atomic E-state index is 11.3. The minimum atomic E-state index is -1.23. The quantitative estimate of drug-likeness (QED) is 0.369. The van der Waals surface area contributed by atoms with Crippen molar-refractivity contribution in [1.82, 2.24) is 0 Å². The number of aliphatic carboxylic acids is 2. The number of carboxylic acids is 2. The first-order chi connectivity index (χ1) is 10.9. The van der Waals surface area contributed by atoms with E-state index in [-0.39, 0.29) is 11.8 Å². The SMILES string of the molecule is CC(C)[C@H](N)C(=O)O[C@H](C)[C@H](N)C(=O)O.CC[C@H](C)[C@H](N)C(=O)O. The van der Waals surface area contributed by atoms with Gasteiger partial charge in [-0.2, -0.15) is 0 Å². The van der Waals surface area contributed by atoms with Crippen molar-refractivity contribution in [3.8, 4) is 0 Å². The van der Waals surface area contributed by atoms with Crippen molar-refractivity contribution in [3.05, 3.63) is 0 Å². The molecule has 0 saturated heterocycles. The summed E-state index contributed by atoms with van der Waals surface area (Å²) in [6, 6.07) is -2.68. The maximum Gasteiger partial charge on any atom is 0.324 e. The molecule has 0 rings (SSSR count). The molecule has 0 amide bonds. The van der Waals surface area contributed by atoms with E-state index in [4.69, 9.17) is 32.2 Å². The zero-order chi connectivity index (χ0) is 19.6. The van der Waals surface area contributed by atoms with Gasteiger partial charge in [-0.1, -0.05) is 34.1 Å². The van der Waals surface area contributed by atoms with Gasteiger partial charge in [0.1, 0.15) is 24.2 Å². The molecule has 9 heteroatoms. The van der Waals surface area contributed by atoms with Gasteiger partial charge in [0, 0.05) is 0 Å². The lowest BCUT2D eigenvalue weighted by Crippen LogP contribution is -2.46. The lowest BCUT2D eigenvalue weighted by Gasteiger charge is -2.20. The minimum Gasteiger partial charge on any atom is -0.480 e. The molecule has 9 nitrogen and oxygen atoms in total. The molecule has 0 aliphatic heterocycles. The number of hydrogen-bond acceptors (Lipinski definition) is 7. The van der Waals surface area contributed by atoms with Gasteiger partial charge in [0.25, 0.3) is 0 Å². The average molecular weight is 349 g/mol. The van der Waals surface area contributed by atoms with Crippen LogP contribution in [-0.4, -0.2) is 52.4 Å². The maximum atomic E-state index is 11.3. The Kier molecular flexibility index (Phi) is 12.0. The third-order valence-electron chi connectivity index (χ3n) is 3.63. The van der Waals surface area contributed by atoms with Gasteiger partial charge in [-0.05, 0) is 18.8 Å². The zero-order valence-electron chi connectivity index (χ0n) is 14.9. The molecule has 5 atom stereocenters. The van der Waals surface area contributed by atoms with E-state index in [0.29, 0.717) is 0 Å². The molecule has 8 N–H and O–H groups in total. The number of nitrogens with two attached hydrogens (primary N) is 3. The van der Waals surface area contributed by atoms with Crippen LogP contribution in [0.5, 0.6) is 0 Å². The number of carboxylic acid groups (broad SMARTS) is 2. The van der Waals surface area contributed by atoms with Crippen LogP contribution in [0.1, 0.15) is 41.0 Å². The van der Waals surface area contributed by atoms with Gasteiger partial charge in [0.15, 0.2) is 0 Å². The summed E-state index contributed by atoms with van der Waals surface area (Å²) in [4.78, 5) is 32.0. The molecular weight excluding hydrogens is 318 g/mol. The Morgan fingerprint density at radius 1 is 0.875 bits per heavy atom. The first-order valence-electron chi connectivity index (χ1n) is 7.79. The van der Waals surface area contributed by atoms with E-state index in [2.05, 4.69) is 0 Å². The Balaban J connectivity index is 0. The van der Waals surface area contributed by atoms with Gasteiger partial charge >= 0.3 is 17.9 Å². The normalized spacial score (nSPS) is 16.9. The van der Waals surface area contributed by atoms with Crippen LogP contribution in [0, 0.1) is 11.8 Å². The van der Waals surface area contributed by atoms with Gasteiger partial charge in [0.05, 0.1) is 0 Å². The molecule has 0 fully saturated rings. The number of hydrogen-bond donors (Lipinski definition) is 5. The molecule has 0 aromatic rings. The molecule has 0 unspecified atom stereocenters. The van der Waals surface area contributed by atoms with E-state index in [9.17, 15) is 14.4 Å². The topological polar surface area (TPSA) is 179 Å². The van der Waals surface area contributed by atoms with E-state index in [1.54, 1.807) is 13.8 Å². The molecule has 0 radical (unpaired) electrons. The van der Waals surface area contributed by atoms with Gasteiger partial charge < -0.3 is 32.2 Å².